The number of ether oxygens (including phenoxy) is 4. The summed E-state index contributed by atoms with van der Waals surface area (Å²) in [6, 6.07) is 11.9. The molecule has 0 radical (unpaired) electrons. The second-order valence-corrected chi connectivity index (χ2v) is 8.31. The lowest BCUT2D eigenvalue weighted by Crippen LogP contribution is -2.51. The zero-order valence-electron chi connectivity index (χ0n) is 19.8. The standard InChI is InChI=1S/C25H33N3O5/c1-30-21-8-6-5-7-20(21)27-9-11-28(12-10-27)25(29)19-16-26-15-18(19)17-13-22(31-2)24(33-4)23(14-17)32-3/h5-8,13-14,18-19,26H,9-12,15-16H2,1-4H3. The molecule has 8 nitrogen and oxygen atoms in total. The molecule has 2 unspecified atom stereocenters. The lowest BCUT2D eigenvalue weighted by atomic mass is 9.87. The zero-order valence-corrected chi connectivity index (χ0v) is 19.8. The predicted octanol–water partition coefficient (Wildman–Crippen LogP) is 2.37. The molecule has 0 aliphatic carbocycles. The van der Waals surface area contributed by atoms with Gasteiger partial charge < -0.3 is 34.1 Å². The first kappa shape index (κ1) is 23.0. The molecule has 2 fully saturated rings. The van der Waals surface area contributed by atoms with Crippen molar-refractivity contribution >= 4 is 11.6 Å². The van der Waals surface area contributed by atoms with Crippen LogP contribution in [0, 0.1) is 5.92 Å². The van der Waals surface area contributed by atoms with Gasteiger partial charge in [-0.1, -0.05) is 12.1 Å². The summed E-state index contributed by atoms with van der Waals surface area (Å²) in [6.07, 6.45) is 0. The van der Waals surface area contributed by atoms with Crippen LogP contribution in [-0.2, 0) is 4.79 Å². The van der Waals surface area contributed by atoms with Crippen molar-refractivity contribution in [3.63, 3.8) is 0 Å². The van der Waals surface area contributed by atoms with E-state index in [1.54, 1.807) is 28.4 Å². The van der Waals surface area contributed by atoms with Crippen LogP contribution in [0.4, 0.5) is 5.69 Å². The van der Waals surface area contributed by atoms with Crippen molar-refractivity contribution in [1.29, 1.82) is 0 Å². The molecule has 2 aromatic carbocycles. The summed E-state index contributed by atoms with van der Waals surface area (Å²) in [4.78, 5) is 17.8. The number of para-hydroxylation sites is 2. The Morgan fingerprint density at radius 2 is 1.48 bits per heavy atom. The monoisotopic (exact) mass is 455 g/mol. The van der Waals surface area contributed by atoms with E-state index in [-0.39, 0.29) is 17.7 Å². The van der Waals surface area contributed by atoms with E-state index in [4.69, 9.17) is 18.9 Å². The molecule has 2 heterocycles. The molecule has 1 N–H and O–H groups in total. The van der Waals surface area contributed by atoms with Crippen molar-refractivity contribution in [2.24, 2.45) is 5.92 Å². The van der Waals surface area contributed by atoms with Gasteiger partial charge >= 0.3 is 0 Å². The van der Waals surface area contributed by atoms with E-state index in [1.807, 2.05) is 35.2 Å². The number of carbonyl (C=O) groups excluding carboxylic acids is 1. The molecular formula is C25H33N3O5. The van der Waals surface area contributed by atoms with E-state index in [2.05, 4.69) is 16.3 Å². The van der Waals surface area contributed by atoms with Crippen LogP contribution >= 0.6 is 0 Å². The van der Waals surface area contributed by atoms with Gasteiger partial charge in [-0.05, 0) is 29.8 Å². The van der Waals surface area contributed by atoms with E-state index in [0.717, 1.165) is 36.6 Å². The third kappa shape index (κ3) is 4.53. The molecule has 1 amide bonds. The fourth-order valence-electron chi connectivity index (χ4n) is 4.90. The summed E-state index contributed by atoms with van der Waals surface area (Å²) in [5, 5.41) is 3.41. The number of nitrogens with one attached hydrogen (secondary N) is 1. The van der Waals surface area contributed by atoms with E-state index in [0.29, 0.717) is 36.9 Å². The Balaban J connectivity index is 1.48. The highest BCUT2D eigenvalue weighted by Gasteiger charge is 2.38. The summed E-state index contributed by atoms with van der Waals surface area (Å²) >= 11 is 0. The fourth-order valence-corrected chi connectivity index (χ4v) is 4.90. The van der Waals surface area contributed by atoms with E-state index >= 15 is 0 Å². The Bertz CT molecular complexity index is 949. The number of rotatable bonds is 7. The molecule has 0 saturated carbocycles. The second kappa shape index (κ2) is 10.2. The van der Waals surface area contributed by atoms with Crippen molar-refractivity contribution in [1.82, 2.24) is 10.2 Å². The van der Waals surface area contributed by atoms with E-state index in [1.165, 1.54) is 0 Å². The smallest absolute Gasteiger partial charge is 0.227 e. The van der Waals surface area contributed by atoms with Crippen LogP contribution in [0.25, 0.3) is 0 Å². The Kier molecular flexibility index (Phi) is 7.13. The van der Waals surface area contributed by atoms with Crippen LogP contribution in [0.1, 0.15) is 11.5 Å². The molecule has 2 atom stereocenters. The minimum Gasteiger partial charge on any atom is -0.495 e. The van der Waals surface area contributed by atoms with Crippen LogP contribution in [-0.4, -0.2) is 78.5 Å². The van der Waals surface area contributed by atoms with Crippen LogP contribution in [0.15, 0.2) is 36.4 Å². The summed E-state index contributed by atoms with van der Waals surface area (Å²) in [7, 11) is 6.50. The first-order valence-electron chi connectivity index (χ1n) is 11.3. The Labute approximate surface area is 195 Å². The molecule has 4 rings (SSSR count). The highest BCUT2D eigenvalue weighted by atomic mass is 16.5. The third-order valence-electron chi connectivity index (χ3n) is 6.66. The SMILES string of the molecule is COc1ccccc1N1CCN(C(=O)C2CNCC2c2cc(OC)c(OC)c(OC)c2)CC1. The van der Waals surface area contributed by atoms with Crippen LogP contribution in [0.2, 0.25) is 0 Å². The van der Waals surface area contributed by atoms with Gasteiger partial charge in [0.1, 0.15) is 5.75 Å². The van der Waals surface area contributed by atoms with Gasteiger partial charge in [0.05, 0.1) is 40.0 Å². The lowest BCUT2D eigenvalue weighted by molar-refractivity contribution is -0.135. The van der Waals surface area contributed by atoms with Gasteiger partial charge in [0.2, 0.25) is 11.7 Å². The van der Waals surface area contributed by atoms with E-state index < -0.39 is 0 Å². The minimum atomic E-state index is -0.134. The summed E-state index contributed by atoms with van der Waals surface area (Å²) < 4.78 is 22.0. The summed E-state index contributed by atoms with van der Waals surface area (Å²) in [5.74, 6) is 2.73. The number of piperazine rings is 1. The maximum absolute atomic E-state index is 13.5. The highest BCUT2D eigenvalue weighted by molar-refractivity contribution is 5.81. The molecule has 33 heavy (non-hydrogen) atoms. The molecule has 178 valence electrons. The molecule has 2 aliphatic heterocycles. The zero-order chi connectivity index (χ0) is 23.4. The number of nitrogens with zero attached hydrogens (tertiary/aromatic N) is 2. The summed E-state index contributed by atoms with van der Waals surface area (Å²) in [5.41, 5.74) is 2.09. The average Bonchev–Trinajstić information content (AvgIpc) is 3.37. The first-order chi connectivity index (χ1) is 16.1. The minimum absolute atomic E-state index is 0.0402. The van der Waals surface area contributed by atoms with Crippen LogP contribution in [0.5, 0.6) is 23.0 Å². The van der Waals surface area contributed by atoms with Gasteiger partial charge in [0.25, 0.3) is 0 Å². The Hall–Kier alpha value is -3.13. The maximum Gasteiger partial charge on any atom is 0.227 e. The highest BCUT2D eigenvalue weighted by Crippen LogP contribution is 2.42. The van der Waals surface area contributed by atoms with Gasteiger partial charge in [-0.15, -0.1) is 0 Å². The summed E-state index contributed by atoms with van der Waals surface area (Å²) in [6.45, 7) is 4.33. The largest absolute Gasteiger partial charge is 0.495 e. The first-order valence-corrected chi connectivity index (χ1v) is 11.3. The van der Waals surface area contributed by atoms with Gasteiger partial charge in [0.15, 0.2) is 11.5 Å². The second-order valence-electron chi connectivity index (χ2n) is 8.31. The number of hydrogen-bond donors (Lipinski definition) is 1. The van der Waals surface area contributed by atoms with Gasteiger partial charge in [-0.3, -0.25) is 4.79 Å². The molecular weight excluding hydrogens is 422 g/mol. The lowest BCUT2D eigenvalue weighted by Gasteiger charge is -2.38. The molecule has 0 spiro atoms. The van der Waals surface area contributed by atoms with Crippen molar-refractivity contribution in [2.45, 2.75) is 5.92 Å². The number of amides is 1. The van der Waals surface area contributed by atoms with Crippen LogP contribution < -0.4 is 29.2 Å². The van der Waals surface area contributed by atoms with Crippen molar-refractivity contribution < 1.29 is 23.7 Å². The normalized spacial score (nSPS) is 20.5. The van der Waals surface area contributed by atoms with Crippen molar-refractivity contribution in [3.8, 4) is 23.0 Å². The predicted molar refractivity (Wildman–Crippen MR) is 127 cm³/mol. The van der Waals surface area contributed by atoms with Crippen molar-refractivity contribution in [2.75, 3.05) is 72.6 Å². The molecule has 2 aliphatic rings. The molecule has 0 bridgehead atoms. The molecule has 2 saturated heterocycles. The van der Waals surface area contributed by atoms with E-state index in [9.17, 15) is 4.79 Å². The number of methoxy groups -OCH3 is 4. The average molecular weight is 456 g/mol. The molecule has 2 aromatic rings. The van der Waals surface area contributed by atoms with Crippen LogP contribution in [0.3, 0.4) is 0 Å². The Morgan fingerprint density at radius 1 is 0.848 bits per heavy atom. The van der Waals surface area contributed by atoms with Gasteiger partial charge in [0, 0.05) is 45.2 Å². The van der Waals surface area contributed by atoms with Crippen molar-refractivity contribution in [3.05, 3.63) is 42.0 Å². The number of carbonyl (C=O) groups is 1. The maximum atomic E-state index is 13.5. The molecule has 8 heteroatoms. The van der Waals surface area contributed by atoms with Gasteiger partial charge in [-0.2, -0.15) is 0 Å². The quantitative estimate of drug-likeness (QED) is 0.687. The Morgan fingerprint density at radius 3 is 2.09 bits per heavy atom. The van der Waals surface area contributed by atoms with Gasteiger partial charge in [-0.25, -0.2) is 0 Å². The molecule has 0 aromatic heterocycles. The number of benzene rings is 2. The number of hydrogen-bond acceptors (Lipinski definition) is 7. The third-order valence-corrected chi connectivity index (χ3v) is 6.66. The number of anilines is 1. The topological polar surface area (TPSA) is 72.5 Å². The fraction of sp³-hybridized carbons (Fsp3) is 0.480.